The fourth-order valence-electron chi connectivity index (χ4n) is 0.780. The average molecular weight is 186 g/mol. The topological polar surface area (TPSA) is 41.0 Å². The number of rotatable bonds is 5. The standard InChI is InChI=1S/C7H14N4S/c1-11(2)4-3-8-5-7-6-9-10-12-7/h6,8H,3-5H2,1-2H3. The van der Waals surface area contributed by atoms with Crippen LogP contribution >= 0.6 is 11.5 Å². The first-order chi connectivity index (χ1) is 5.79. The number of hydrogen-bond acceptors (Lipinski definition) is 5. The highest BCUT2D eigenvalue weighted by Crippen LogP contribution is 1.99. The highest BCUT2D eigenvalue weighted by atomic mass is 32.1. The van der Waals surface area contributed by atoms with Crippen LogP contribution in [0, 0.1) is 0 Å². The minimum atomic E-state index is 0.880. The fourth-order valence-corrected chi connectivity index (χ4v) is 1.24. The van der Waals surface area contributed by atoms with E-state index in [0.717, 1.165) is 19.6 Å². The van der Waals surface area contributed by atoms with Crippen LogP contribution in [0.4, 0.5) is 0 Å². The van der Waals surface area contributed by atoms with Crippen LogP contribution in [-0.2, 0) is 6.54 Å². The third-order valence-electron chi connectivity index (χ3n) is 1.44. The van der Waals surface area contributed by atoms with Gasteiger partial charge < -0.3 is 10.2 Å². The average Bonchev–Trinajstić information content (AvgIpc) is 2.49. The maximum Gasteiger partial charge on any atom is 0.0666 e. The summed E-state index contributed by atoms with van der Waals surface area (Å²) in [5.74, 6) is 0. The van der Waals surface area contributed by atoms with Crippen molar-refractivity contribution in [2.24, 2.45) is 0 Å². The Bertz CT molecular complexity index is 197. The van der Waals surface area contributed by atoms with E-state index in [1.165, 1.54) is 16.4 Å². The zero-order valence-corrected chi connectivity index (χ0v) is 8.27. The van der Waals surface area contributed by atoms with Crippen LogP contribution in [0.5, 0.6) is 0 Å². The lowest BCUT2D eigenvalue weighted by Crippen LogP contribution is -2.25. The second-order valence-corrected chi connectivity index (χ2v) is 3.73. The van der Waals surface area contributed by atoms with Crippen LogP contribution < -0.4 is 5.32 Å². The van der Waals surface area contributed by atoms with E-state index in [-0.39, 0.29) is 0 Å². The number of nitrogens with one attached hydrogen (secondary N) is 1. The van der Waals surface area contributed by atoms with Gasteiger partial charge >= 0.3 is 0 Å². The molecule has 5 heteroatoms. The monoisotopic (exact) mass is 186 g/mol. The summed E-state index contributed by atoms with van der Waals surface area (Å²) in [6.45, 7) is 2.95. The molecule has 12 heavy (non-hydrogen) atoms. The third-order valence-corrected chi connectivity index (χ3v) is 2.10. The summed E-state index contributed by atoms with van der Waals surface area (Å²) in [7, 11) is 4.13. The van der Waals surface area contributed by atoms with Gasteiger partial charge in [0.15, 0.2) is 0 Å². The number of hydrogen-bond donors (Lipinski definition) is 1. The first kappa shape index (κ1) is 9.57. The van der Waals surface area contributed by atoms with Crippen molar-refractivity contribution in [3.8, 4) is 0 Å². The van der Waals surface area contributed by atoms with Crippen molar-refractivity contribution in [2.45, 2.75) is 6.54 Å². The fraction of sp³-hybridized carbons (Fsp3) is 0.714. The first-order valence-corrected chi connectivity index (χ1v) is 4.68. The highest BCUT2D eigenvalue weighted by molar-refractivity contribution is 7.05. The van der Waals surface area contributed by atoms with E-state index in [1.807, 2.05) is 0 Å². The largest absolute Gasteiger partial charge is 0.310 e. The van der Waals surface area contributed by atoms with Gasteiger partial charge in [-0.15, -0.1) is 5.10 Å². The molecule has 0 saturated heterocycles. The van der Waals surface area contributed by atoms with Crippen LogP contribution in [0.15, 0.2) is 6.20 Å². The van der Waals surface area contributed by atoms with Gasteiger partial charge in [0.05, 0.1) is 11.1 Å². The third kappa shape index (κ3) is 3.75. The minimum Gasteiger partial charge on any atom is -0.310 e. The van der Waals surface area contributed by atoms with Gasteiger partial charge in [0.1, 0.15) is 0 Å². The quantitative estimate of drug-likeness (QED) is 0.666. The molecule has 0 bridgehead atoms. The van der Waals surface area contributed by atoms with Crippen LogP contribution in [0.25, 0.3) is 0 Å². The van der Waals surface area contributed by atoms with Crippen molar-refractivity contribution in [3.63, 3.8) is 0 Å². The summed E-state index contributed by atoms with van der Waals surface area (Å²) >= 11 is 1.44. The minimum absolute atomic E-state index is 0.880. The van der Waals surface area contributed by atoms with Crippen molar-refractivity contribution >= 4 is 11.5 Å². The molecule has 0 saturated carbocycles. The van der Waals surface area contributed by atoms with E-state index in [1.54, 1.807) is 6.20 Å². The predicted octanol–water partition coefficient (Wildman–Crippen LogP) is 0.189. The lowest BCUT2D eigenvalue weighted by molar-refractivity contribution is 0.400. The highest BCUT2D eigenvalue weighted by Gasteiger charge is 1.94. The van der Waals surface area contributed by atoms with Crippen LogP contribution in [0.1, 0.15) is 4.88 Å². The van der Waals surface area contributed by atoms with Crippen LogP contribution in [0.2, 0.25) is 0 Å². The molecule has 1 heterocycles. The molecular formula is C7H14N4S. The zero-order valence-electron chi connectivity index (χ0n) is 7.45. The van der Waals surface area contributed by atoms with Gasteiger partial charge in [-0.1, -0.05) is 4.49 Å². The van der Waals surface area contributed by atoms with E-state index >= 15 is 0 Å². The van der Waals surface area contributed by atoms with Gasteiger partial charge in [0, 0.05) is 19.6 Å². The van der Waals surface area contributed by atoms with Gasteiger partial charge in [0.25, 0.3) is 0 Å². The maximum absolute atomic E-state index is 3.78. The molecule has 0 aliphatic carbocycles. The van der Waals surface area contributed by atoms with Crippen molar-refractivity contribution in [1.29, 1.82) is 0 Å². The molecule has 0 atom stereocenters. The van der Waals surface area contributed by atoms with Crippen LogP contribution in [0.3, 0.4) is 0 Å². The Morgan fingerprint density at radius 3 is 3.00 bits per heavy atom. The SMILES string of the molecule is CN(C)CCNCc1cnns1. The Hall–Kier alpha value is -0.520. The number of aromatic nitrogens is 2. The summed E-state index contributed by atoms with van der Waals surface area (Å²) < 4.78 is 3.78. The lowest BCUT2D eigenvalue weighted by Gasteiger charge is -2.08. The normalized spacial score (nSPS) is 10.9. The Morgan fingerprint density at radius 2 is 2.42 bits per heavy atom. The Kier molecular flexibility index (Phi) is 4.13. The van der Waals surface area contributed by atoms with Crippen molar-refractivity contribution in [2.75, 3.05) is 27.2 Å². The summed E-state index contributed by atoms with van der Waals surface area (Å²) in [5.41, 5.74) is 0. The van der Waals surface area contributed by atoms with Gasteiger partial charge in [-0.25, -0.2) is 0 Å². The van der Waals surface area contributed by atoms with Crippen molar-refractivity contribution < 1.29 is 0 Å². The smallest absolute Gasteiger partial charge is 0.0666 e. The van der Waals surface area contributed by atoms with Crippen molar-refractivity contribution in [1.82, 2.24) is 19.8 Å². The summed E-state index contributed by atoms with van der Waals surface area (Å²) in [6.07, 6.45) is 1.80. The molecule has 0 unspecified atom stereocenters. The van der Waals surface area contributed by atoms with E-state index in [2.05, 4.69) is 33.9 Å². The molecule has 0 aliphatic heterocycles. The number of likely N-dealkylation sites (N-methyl/N-ethyl adjacent to an activating group) is 1. The second kappa shape index (κ2) is 5.18. The summed E-state index contributed by atoms with van der Waals surface area (Å²) in [5, 5.41) is 7.06. The van der Waals surface area contributed by atoms with Gasteiger partial charge in [-0.2, -0.15) is 0 Å². The van der Waals surface area contributed by atoms with E-state index < -0.39 is 0 Å². The van der Waals surface area contributed by atoms with Gasteiger partial charge in [-0.3, -0.25) is 0 Å². The predicted molar refractivity (Wildman–Crippen MR) is 50.2 cm³/mol. The Balaban J connectivity index is 2.04. The molecule has 1 aromatic rings. The van der Waals surface area contributed by atoms with Crippen LogP contribution in [-0.4, -0.2) is 41.7 Å². The van der Waals surface area contributed by atoms with E-state index in [9.17, 15) is 0 Å². The first-order valence-electron chi connectivity index (χ1n) is 3.90. The molecule has 1 rings (SSSR count). The number of nitrogens with zero attached hydrogens (tertiary/aromatic N) is 3. The molecule has 1 aromatic heterocycles. The van der Waals surface area contributed by atoms with Gasteiger partial charge in [-0.05, 0) is 25.6 Å². The Labute approximate surface area is 76.8 Å². The Morgan fingerprint density at radius 1 is 1.58 bits per heavy atom. The maximum atomic E-state index is 3.78. The molecule has 68 valence electrons. The van der Waals surface area contributed by atoms with Gasteiger partial charge in [0.2, 0.25) is 0 Å². The molecule has 0 spiro atoms. The molecular weight excluding hydrogens is 172 g/mol. The molecule has 0 radical (unpaired) electrons. The summed E-state index contributed by atoms with van der Waals surface area (Å²) in [4.78, 5) is 3.34. The molecule has 0 fully saturated rings. The van der Waals surface area contributed by atoms with E-state index in [0.29, 0.717) is 0 Å². The molecule has 0 aliphatic rings. The molecule has 1 N–H and O–H groups in total. The molecule has 4 nitrogen and oxygen atoms in total. The molecule has 0 aromatic carbocycles. The summed E-state index contributed by atoms with van der Waals surface area (Å²) in [6, 6.07) is 0. The zero-order chi connectivity index (χ0) is 8.81. The second-order valence-electron chi connectivity index (χ2n) is 2.86. The lowest BCUT2D eigenvalue weighted by atomic mass is 10.5. The van der Waals surface area contributed by atoms with Crippen molar-refractivity contribution in [3.05, 3.63) is 11.1 Å². The molecule has 0 amide bonds. The van der Waals surface area contributed by atoms with E-state index in [4.69, 9.17) is 0 Å².